The molecule has 0 N–H and O–H groups in total. The minimum Gasteiger partial charge on any atom is -0.460 e. The van der Waals surface area contributed by atoms with Crippen LogP contribution in [-0.2, 0) is 38.0 Å². The molecule has 0 aromatic heterocycles. The molecular formula is C27H48O8S. The molecule has 3 saturated heterocycles. The topological polar surface area (TPSA) is 97.4 Å². The lowest BCUT2D eigenvalue weighted by Gasteiger charge is -2.26. The molecule has 3 aliphatic rings. The Balaban J connectivity index is 1.49. The maximum atomic E-state index is 12.0. The predicted octanol–water partition coefficient (Wildman–Crippen LogP) is 5.42. The quantitative estimate of drug-likeness (QED) is 0.148. The summed E-state index contributed by atoms with van der Waals surface area (Å²) in [5, 5.41) is 0. The summed E-state index contributed by atoms with van der Waals surface area (Å²) in [5.74, 6) is -0.844. The molecule has 3 heterocycles. The van der Waals surface area contributed by atoms with Crippen molar-refractivity contribution >= 4 is 16.1 Å². The van der Waals surface area contributed by atoms with E-state index in [1.54, 1.807) is 0 Å². The zero-order valence-electron chi connectivity index (χ0n) is 22.7. The van der Waals surface area contributed by atoms with E-state index < -0.39 is 22.0 Å². The van der Waals surface area contributed by atoms with Gasteiger partial charge in [-0.2, -0.15) is 8.42 Å². The molecule has 6 atom stereocenters. The van der Waals surface area contributed by atoms with Crippen molar-refractivity contribution < 1.29 is 36.3 Å². The van der Waals surface area contributed by atoms with Crippen molar-refractivity contribution in [3.05, 3.63) is 0 Å². The van der Waals surface area contributed by atoms with Gasteiger partial charge < -0.3 is 18.9 Å². The summed E-state index contributed by atoms with van der Waals surface area (Å²) in [6.07, 6.45) is 14.2. The molecule has 0 aromatic carbocycles. The molecule has 0 unspecified atom stereocenters. The van der Waals surface area contributed by atoms with E-state index in [1.807, 2.05) is 13.8 Å². The number of hydrogen-bond donors (Lipinski definition) is 0. The van der Waals surface area contributed by atoms with E-state index in [-0.39, 0.29) is 36.5 Å². The third kappa shape index (κ3) is 9.86. The van der Waals surface area contributed by atoms with Crippen molar-refractivity contribution in [1.29, 1.82) is 0 Å². The second-order valence-corrected chi connectivity index (χ2v) is 12.9. The number of esters is 1. The van der Waals surface area contributed by atoms with Crippen molar-refractivity contribution in [1.82, 2.24) is 0 Å². The molecule has 3 fully saturated rings. The SMILES string of the molecule is CCCCCCCCCC[C@H]1OC(C)(C)O[C@@H]1CC[C@@H](OS(C)(=O)=O)[C@H]1CC[C@H]([C@H]2CCC(=O)O2)O1. The summed E-state index contributed by atoms with van der Waals surface area (Å²) >= 11 is 0. The van der Waals surface area contributed by atoms with Crippen LogP contribution in [0.15, 0.2) is 0 Å². The van der Waals surface area contributed by atoms with Crippen LogP contribution in [0.4, 0.5) is 0 Å². The molecule has 0 saturated carbocycles. The first-order valence-electron chi connectivity index (χ1n) is 14.1. The van der Waals surface area contributed by atoms with Crippen LogP contribution in [-0.4, -0.2) is 63.1 Å². The number of unbranched alkanes of at least 4 members (excludes halogenated alkanes) is 7. The molecular weight excluding hydrogens is 484 g/mol. The van der Waals surface area contributed by atoms with Gasteiger partial charge in [0.25, 0.3) is 10.1 Å². The van der Waals surface area contributed by atoms with Crippen LogP contribution in [0.5, 0.6) is 0 Å². The summed E-state index contributed by atoms with van der Waals surface area (Å²) in [4.78, 5) is 11.5. The zero-order chi connectivity index (χ0) is 26.2. The molecule has 0 radical (unpaired) electrons. The van der Waals surface area contributed by atoms with Crippen LogP contribution >= 0.6 is 0 Å². The first-order valence-corrected chi connectivity index (χ1v) is 16.0. The van der Waals surface area contributed by atoms with Gasteiger partial charge >= 0.3 is 5.97 Å². The van der Waals surface area contributed by atoms with Crippen LogP contribution in [0, 0.1) is 0 Å². The van der Waals surface area contributed by atoms with E-state index in [0.29, 0.717) is 32.1 Å². The highest BCUT2D eigenvalue weighted by Crippen LogP contribution is 2.36. The van der Waals surface area contributed by atoms with Gasteiger partial charge in [-0.1, -0.05) is 58.3 Å². The normalized spacial score (nSPS) is 31.1. The summed E-state index contributed by atoms with van der Waals surface area (Å²) in [6, 6.07) is 0. The van der Waals surface area contributed by atoms with Gasteiger partial charge in [-0.05, 0) is 52.4 Å². The molecule has 3 aliphatic heterocycles. The standard InChI is InChI=1S/C27H48O8S/c1-5-6-7-8-9-10-11-12-13-23-24(34-27(2,3)33-23)16-17-25(35-36(4,29)30)22-15-14-20(31-22)21-18-19-26(28)32-21/h20-25H,5-19H2,1-4H3/t20-,21-,22-,23-,24-,25-/m1/s1. The lowest BCUT2D eigenvalue weighted by molar-refractivity contribution is -0.150. The fraction of sp³-hybridized carbons (Fsp3) is 0.963. The molecule has 0 amide bonds. The van der Waals surface area contributed by atoms with Crippen molar-refractivity contribution in [2.45, 2.75) is 159 Å². The minimum atomic E-state index is -3.65. The van der Waals surface area contributed by atoms with E-state index in [4.69, 9.17) is 23.1 Å². The minimum absolute atomic E-state index is 0.00544. The van der Waals surface area contributed by atoms with Gasteiger partial charge in [0, 0.05) is 6.42 Å². The number of hydrogen-bond acceptors (Lipinski definition) is 8. The van der Waals surface area contributed by atoms with Gasteiger partial charge in [0.15, 0.2) is 5.79 Å². The van der Waals surface area contributed by atoms with Crippen molar-refractivity contribution in [3.63, 3.8) is 0 Å². The highest BCUT2D eigenvalue weighted by Gasteiger charge is 2.44. The molecule has 0 aliphatic carbocycles. The predicted molar refractivity (Wildman–Crippen MR) is 137 cm³/mol. The van der Waals surface area contributed by atoms with E-state index >= 15 is 0 Å². The monoisotopic (exact) mass is 532 g/mol. The Morgan fingerprint density at radius 3 is 2.17 bits per heavy atom. The molecule has 0 bridgehead atoms. The molecule has 36 heavy (non-hydrogen) atoms. The summed E-state index contributed by atoms with van der Waals surface area (Å²) in [5.41, 5.74) is 0. The van der Waals surface area contributed by atoms with Gasteiger partial charge in [0.05, 0.1) is 30.7 Å². The molecule has 3 rings (SSSR count). The van der Waals surface area contributed by atoms with Gasteiger partial charge in [0.1, 0.15) is 12.2 Å². The smallest absolute Gasteiger partial charge is 0.306 e. The number of cyclic esters (lactones) is 1. The number of carbonyl (C=O) groups excluding carboxylic acids is 1. The lowest BCUT2D eigenvalue weighted by Crippen LogP contribution is -2.35. The highest BCUT2D eigenvalue weighted by atomic mass is 32.2. The Labute approximate surface area is 218 Å². The van der Waals surface area contributed by atoms with Crippen LogP contribution in [0.3, 0.4) is 0 Å². The second kappa shape index (κ2) is 13.9. The van der Waals surface area contributed by atoms with Gasteiger partial charge in [-0.15, -0.1) is 0 Å². The van der Waals surface area contributed by atoms with Gasteiger partial charge in [0.2, 0.25) is 0 Å². The maximum Gasteiger partial charge on any atom is 0.306 e. The second-order valence-electron chi connectivity index (χ2n) is 11.2. The average molecular weight is 533 g/mol. The third-order valence-corrected chi connectivity index (χ3v) is 8.09. The summed E-state index contributed by atoms with van der Waals surface area (Å²) < 4.78 is 53.5. The number of carbonyl (C=O) groups is 1. The van der Waals surface area contributed by atoms with E-state index in [0.717, 1.165) is 25.5 Å². The van der Waals surface area contributed by atoms with Crippen LogP contribution < -0.4 is 0 Å². The number of rotatable bonds is 16. The molecule has 210 valence electrons. The average Bonchev–Trinajstić information content (AvgIpc) is 3.51. The molecule has 0 aromatic rings. The Morgan fingerprint density at radius 1 is 0.917 bits per heavy atom. The van der Waals surface area contributed by atoms with E-state index in [1.165, 1.54) is 44.9 Å². The van der Waals surface area contributed by atoms with Crippen LogP contribution in [0.2, 0.25) is 0 Å². The Morgan fingerprint density at radius 2 is 1.56 bits per heavy atom. The zero-order valence-corrected chi connectivity index (χ0v) is 23.6. The fourth-order valence-corrected chi connectivity index (χ4v) is 6.44. The maximum absolute atomic E-state index is 12.0. The van der Waals surface area contributed by atoms with Crippen molar-refractivity contribution in [2.24, 2.45) is 0 Å². The fourth-order valence-electron chi connectivity index (χ4n) is 5.77. The van der Waals surface area contributed by atoms with E-state index in [9.17, 15) is 13.2 Å². The Hall–Kier alpha value is -0.740. The lowest BCUT2D eigenvalue weighted by atomic mass is 9.97. The number of ether oxygens (including phenoxy) is 4. The molecule has 9 heteroatoms. The largest absolute Gasteiger partial charge is 0.460 e. The third-order valence-electron chi connectivity index (χ3n) is 7.49. The van der Waals surface area contributed by atoms with Crippen molar-refractivity contribution in [2.75, 3.05) is 6.26 Å². The molecule has 8 nitrogen and oxygen atoms in total. The summed E-state index contributed by atoms with van der Waals surface area (Å²) in [7, 11) is -3.65. The van der Waals surface area contributed by atoms with Gasteiger partial charge in [-0.25, -0.2) is 0 Å². The van der Waals surface area contributed by atoms with Crippen molar-refractivity contribution in [3.8, 4) is 0 Å². The Kier molecular flexibility index (Phi) is 11.5. The first kappa shape index (κ1) is 29.8. The van der Waals surface area contributed by atoms with Crippen LogP contribution in [0.1, 0.15) is 117 Å². The molecule has 0 spiro atoms. The highest BCUT2D eigenvalue weighted by molar-refractivity contribution is 7.86. The summed E-state index contributed by atoms with van der Waals surface area (Å²) in [6.45, 7) is 6.11. The Bertz CT molecular complexity index is 783. The first-order chi connectivity index (χ1) is 17.1. The van der Waals surface area contributed by atoms with Gasteiger partial charge in [-0.3, -0.25) is 8.98 Å². The van der Waals surface area contributed by atoms with E-state index in [2.05, 4.69) is 6.92 Å². The van der Waals surface area contributed by atoms with Crippen LogP contribution in [0.25, 0.3) is 0 Å².